The van der Waals surface area contributed by atoms with Crippen molar-refractivity contribution in [3.8, 4) is 0 Å². The highest BCUT2D eigenvalue weighted by atomic mass is 16.6. The van der Waals surface area contributed by atoms with Crippen LogP contribution in [0.2, 0.25) is 0 Å². The summed E-state index contributed by atoms with van der Waals surface area (Å²) in [6.45, 7) is 5.93. The van der Waals surface area contributed by atoms with Crippen LogP contribution < -0.4 is 0 Å². The van der Waals surface area contributed by atoms with Gasteiger partial charge in [0.25, 0.3) is 0 Å². The zero-order valence-corrected chi connectivity index (χ0v) is 11.0. The number of rotatable bonds is 1. The SMILES string of the molecule is CC(C)(C)OC(=O)N1[C@H]2CC[C@H]1CC(CO)C2. The fraction of sp³-hybridized carbons (Fsp3) is 0.923. The standard InChI is InChI=1S/C13H23NO3/c1-13(2,3)17-12(16)14-10-4-5-11(14)7-9(6-10)8-15/h9-11,15H,4-8H2,1-3H3/t10-,11-/m0/s1. The van der Waals surface area contributed by atoms with E-state index in [0.717, 1.165) is 25.7 Å². The minimum absolute atomic E-state index is 0.179. The normalized spacial score (nSPS) is 32.7. The quantitative estimate of drug-likeness (QED) is 0.765. The van der Waals surface area contributed by atoms with Gasteiger partial charge in [-0.15, -0.1) is 0 Å². The summed E-state index contributed by atoms with van der Waals surface area (Å²) in [6, 6.07) is 0.557. The van der Waals surface area contributed by atoms with Crippen molar-refractivity contribution in [2.45, 2.75) is 64.1 Å². The van der Waals surface area contributed by atoms with E-state index < -0.39 is 5.60 Å². The minimum Gasteiger partial charge on any atom is -0.444 e. The summed E-state index contributed by atoms with van der Waals surface area (Å²) in [6.07, 6.45) is 3.78. The summed E-state index contributed by atoms with van der Waals surface area (Å²) in [4.78, 5) is 14.0. The molecule has 4 nitrogen and oxygen atoms in total. The Kier molecular flexibility index (Phi) is 3.34. The monoisotopic (exact) mass is 241 g/mol. The van der Waals surface area contributed by atoms with Gasteiger partial charge in [-0.2, -0.15) is 0 Å². The van der Waals surface area contributed by atoms with Crippen molar-refractivity contribution in [1.82, 2.24) is 4.90 Å². The van der Waals surface area contributed by atoms with Crippen molar-refractivity contribution in [2.24, 2.45) is 5.92 Å². The van der Waals surface area contributed by atoms with E-state index in [1.165, 1.54) is 0 Å². The van der Waals surface area contributed by atoms with E-state index in [1.54, 1.807) is 0 Å². The minimum atomic E-state index is -0.426. The molecule has 2 heterocycles. The van der Waals surface area contributed by atoms with Gasteiger partial charge in [0.2, 0.25) is 0 Å². The number of aliphatic hydroxyl groups excluding tert-OH is 1. The molecule has 2 aliphatic rings. The third-order valence-corrected chi connectivity index (χ3v) is 3.69. The Labute approximate surface area is 103 Å². The first-order valence-corrected chi connectivity index (χ1v) is 6.53. The zero-order valence-electron chi connectivity index (χ0n) is 11.0. The average Bonchev–Trinajstić information content (AvgIpc) is 2.47. The van der Waals surface area contributed by atoms with Crippen LogP contribution in [0.5, 0.6) is 0 Å². The third kappa shape index (κ3) is 2.73. The molecule has 0 aromatic carbocycles. The molecule has 0 aromatic rings. The number of amides is 1. The molecule has 1 amide bonds. The van der Waals surface area contributed by atoms with Gasteiger partial charge in [0.15, 0.2) is 0 Å². The molecule has 2 rings (SSSR count). The van der Waals surface area contributed by atoms with Crippen LogP contribution in [0.25, 0.3) is 0 Å². The van der Waals surface area contributed by atoms with E-state index in [9.17, 15) is 9.90 Å². The number of aliphatic hydroxyl groups is 1. The first-order valence-electron chi connectivity index (χ1n) is 6.53. The number of carbonyl (C=O) groups excluding carboxylic acids is 1. The van der Waals surface area contributed by atoms with Crippen LogP contribution in [-0.4, -0.2) is 40.4 Å². The van der Waals surface area contributed by atoms with Crippen LogP contribution in [0.1, 0.15) is 46.5 Å². The molecule has 0 unspecified atom stereocenters. The molecule has 17 heavy (non-hydrogen) atoms. The first-order chi connectivity index (χ1) is 7.90. The van der Waals surface area contributed by atoms with Crippen molar-refractivity contribution >= 4 is 6.09 Å². The molecule has 2 aliphatic heterocycles. The maximum Gasteiger partial charge on any atom is 0.410 e. The molecule has 2 fully saturated rings. The number of nitrogens with zero attached hydrogens (tertiary/aromatic N) is 1. The molecular weight excluding hydrogens is 218 g/mol. The summed E-state index contributed by atoms with van der Waals surface area (Å²) < 4.78 is 5.45. The second-order valence-electron chi connectivity index (χ2n) is 6.29. The third-order valence-electron chi connectivity index (χ3n) is 3.69. The topological polar surface area (TPSA) is 49.8 Å². The van der Waals surface area contributed by atoms with Gasteiger partial charge in [0.05, 0.1) is 0 Å². The molecule has 0 radical (unpaired) electrons. The van der Waals surface area contributed by atoms with E-state index in [4.69, 9.17) is 4.74 Å². The Morgan fingerprint density at radius 3 is 2.24 bits per heavy atom. The predicted molar refractivity (Wildman–Crippen MR) is 64.7 cm³/mol. The van der Waals surface area contributed by atoms with E-state index in [1.807, 2.05) is 25.7 Å². The molecule has 2 bridgehead atoms. The van der Waals surface area contributed by atoms with Crippen LogP contribution in [-0.2, 0) is 4.74 Å². The van der Waals surface area contributed by atoms with Crippen LogP contribution in [0.4, 0.5) is 4.79 Å². The van der Waals surface area contributed by atoms with Gasteiger partial charge in [0, 0.05) is 18.7 Å². The van der Waals surface area contributed by atoms with Gasteiger partial charge in [-0.25, -0.2) is 4.79 Å². The van der Waals surface area contributed by atoms with Gasteiger partial charge < -0.3 is 14.7 Å². The Bertz CT molecular complexity index is 284. The maximum absolute atomic E-state index is 12.1. The summed E-state index contributed by atoms with van der Waals surface area (Å²) >= 11 is 0. The Balaban J connectivity index is 2.01. The van der Waals surface area contributed by atoms with Crippen molar-refractivity contribution < 1.29 is 14.6 Å². The first kappa shape index (κ1) is 12.7. The Morgan fingerprint density at radius 1 is 1.29 bits per heavy atom. The molecule has 98 valence electrons. The number of hydrogen-bond donors (Lipinski definition) is 1. The van der Waals surface area contributed by atoms with Crippen molar-refractivity contribution in [3.05, 3.63) is 0 Å². The summed E-state index contributed by atoms with van der Waals surface area (Å²) in [5.74, 6) is 0.367. The molecule has 4 heteroatoms. The van der Waals surface area contributed by atoms with Crippen molar-refractivity contribution in [3.63, 3.8) is 0 Å². The lowest BCUT2D eigenvalue weighted by atomic mass is 9.92. The molecule has 2 atom stereocenters. The predicted octanol–water partition coefficient (Wildman–Crippen LogP) is 2.16. The fourth-order valence-corrected chi connectivity index (χ4v) is 3.05. The number of hydrogen-bond acceptors (Lipinski definition) is 3. The number of carbonyl (C=O) groups is 1. The highest BCUT2D eigenvalue weighted by molar-refractivity contribution is 5.69. The van der Waals surface area contributed by atoms with E-state index >= 15 is 0 Å². The van der Waals surface area contributed by atoms with Crippen LogP contribution >= 0.6 is 0 Å². The second-order valence-corrected chi connectivity index (χ2v) is 6.29. The van der Waals surface area contributed by atoms with Crippen molar-refractivity contribution in [1.29, 1.82) is 0 Å². The van der Waals surface area contributed by atoms with Gasteiger partial charge in [-0.3, -0.25) is 0 Å². The summed E-state index contributed by atoms with van der Waals surface area (Å²) in [5.41, 5.74) is -0.426. The van der Waals surface area contributed by atoms with Gasteiger partial charge in [-0.05, 0) is 52.4 Å². The Morgan fingerprint density at radius 2 is 1.82 bits per heavy atom. The molecular formula is C13H23NO3. The summed E-state index contributed by atoms with van der Waals surface area (Å²) in [7, 11) is 0. The lowest BCUT2D eigenvalue weighted by Crippen LogP contribution is -2.48. The Hall–Kier alpha value is -0.770. The van der Waals surface area contributed by atoms with Crippen LogP contribution in [0.15, 0.2) is 0 Å². The van der Waals surface area contributed by atoms with Gasteiger partial charge >= 0.3 is 6.09 Å². The maximum atomic E-state index is 12.1. The highest BCUT2D eigenvalue weighted by Crippen LogP contribution is 2.39. The van der Waals surface area contributed by atoms with E-state index in [0.29, 0.717) is 5.92 Å². The van der Waals surface area contributed by atoms with Crippen molar-refractivity contribution in [2.75, 3.05) is 6.61 Å². The van der Waals surface area contributed by atoms with Gasteiger partial charge in [0.1, 0.15) is 5.60 Å². The lowest BCUT2D eigenvalue weighted by molar-refractivity contribution is -0.00190. The molecule has 1 N–H and O–H groups in total. The van der Waals surface area contributed by atoms with E-state index in [-0.39, 0.29) is 24.8 Å². The largest absolute Gasteiger partial charge is 0.444 e. The average molecular weight is 241 g/mol. The van der Waals surface area contributed by atoms with Crippen LogP contribution in [0.3, 0.4) is 0 Å². The zero-order chi connectivity index (χ0) is 12.6. The van der Waals surface area contributed by atoms with E-state index in [2.05, 4.69) is 0 Å². The summed E-state index contributed by atoms with van der Waals surface area (Å²) in [5, 5.41) is 9.23. The molecule has 0 saturated carbocycles. The highest BCUT2D eigenvalue weighted by Gasteiger charge is 2.44. The lowest BCUT2D eigenvalue weighted by Gasteiger charge is -2.39. The van der Waals surface area contributed by atoms with Gasteiger partial charge in [-0.1, -0.05) is 0 Å². The smallest absolute Gasteiger partial charge is 0.410 e. The molecule has 2 saturated heterocycles. The second kappa shape index (κ2) is 4.48. The molecule has 0 spiro atoms. The number of ether oxygens (including phenoxy) is 1. The number of fused-ring (bicyclic) bond motifs is 2. The number of piperidine rings is 1. The molecule has 0 aliphatic carbocycles. The van der Waals surface area contributed by atoms with Crippen LogP contribution in [0, 0.1) is 5.92 Å². The fourth-order valence-electron chi connectivity index (χ4n) is 3.05. The molecule has 0 aromatic heterocycles.